The molecule has 0 unspecified atom stereocenters. The van der Waals surface area contributed by atoms with Crippen LogP contribution < -0.4 is 10.2 Å². The van der Waals surface area contributed by atoms with E-state index in [0.717, 1.165) is 32.6 Å². The van der Waals surface area contributed by atoms with Gasteiger partial charge in [0.25, 0.3) is 0 Å². The molecule has 2 bridgehead atoms. The van der Waals surface area contributed by atoms with E-state index in [1.54, 1.807) is 0 Å². The molecule has 2 amide bonds. The average molecular weight is 431 g/mol. The van der Waals surface area contributed by atoms with Crippen molar-refractivity contribution in [1.82, 2.24) is 15.1 Å². The third kappa shape index (κ3) is 3.66. The molecular formula is C27H34N4O. The highest BCUT2D eigenvalue weighted by molar-refractivity contribution is 5.76. The molecule has 32 heavy (non-hydrogen) atoms. The Bertz CT molecular complexity index is 960. The molecule has 168 valence electrons. The van der Waals surface area contributed by atoms with Crippen LogP contribution in [0, 0.1) is 5.92 Å². The molecule has 5 heteroatoms. The number of fused-ring (bicyclic) bond motifs is 4. The Hall–Kier alpha value is -2.53. The van der Waals surface area contributed by atoms with Crippen molar-refractivity contribution in [2.24, 2.45) is 5.92 Å². The number of amides is 2. The normalized spacial score (nSPS) is 29.1. The number of urea groups is 1. The van der Waals surface area contributed by atoms with Gasteiger partial charge in [0.15, 0.2) is 0 Å². The highest BCUT2D eigenvalue weighted by Crippen LogP contribution is 2.36. The Morgan fingerprint density at radius 2 is 1.62 bits per heavy atom. The zero-order chi connectivity index (χ0) is 21.5. The molecule has 0 aliphatic carbocycles. The molecule has 1 N–H and O–H groups in total. The number of carbonyl (C=O) groups excluding carboxylic acids is 1. The molecule has 5 heterocycles. The van der Waals surface area contributed by atoms with Gasteiger partial charge in [0.05, 0.1) is 6.04 Å². The van der Waals surface area contributed by atoms with E-state index in [2.05, 4.69) is 68.5 Å². The minimum Gasteiger partial charge on any atom is -0.372 e. The minimum absolute atomic E-state index is 0.0198. The summed E-state index contributed by atoms with van der Waals surface area (Å²) >= 11 is 0. The number of hydrogen-bond donors (Lipinski definition) is 1. The summed E-state index contributed by atoms with van der Waals surface area (Å²) in [6.07, 6.45) is 5.92. The van der Waals surface area contributed by atoms with Gasteiger partial charge in [0, 0.05) is 37.9 Å². The standard InChI is InChI=1S/C27H34N4O/c32-27(28-25-19-29-16-11-21(25)12-17-29)31-18-13-20-5-1-2-6-24(20)26(31)22-7-9-23(10-8-22)30-14-3-4-15-30/h1-2,5-10,21,25-26H,3-4,11-19H2,(H,28,32)/t25-,26-/m1/s1. The van der Waals surface area contributed by atoms with Crippen LogP contribution in [-0.2, 0) is 6.42 Å². The van der Waals surface area contributed by atoms with Crippen molar-refractivity contribution in [3.05, 3.63) is 65.2 Å². The summed E-state index contributed by atoms with van der Waals surface area (Å²) in [4.78, 5) is 20.7. The fraction of sp³-hybridized carbons (Fsp3) is 0.519. The third-order valence-electron chi connectivity index (χ3n) is 8.19. The quantitative estimate of drug-likeness (QED) is 0.799. The van der Waals surface area contributed by atoms with Gasteiger partial charge in [-0.3, -0.25) is 0 Å². The number of piperidine rings is 3. The first-order valence-electron chi connectivity index (χ1n) is 12.5. The van der Waals surface area contributed by atoms with Crippen molar-refractivity contribution in [2.75, 3.05) is 44.2 Å². The molecule has 5 aliphatic heterocycles. The van der Waals surface area contributed by atoms with Crippen LogP contribution in [0.25, 0.3) is 0 Å². The van der Waals surface area contributed by atoms with Crippen molar-refractivity contribution in [3.63, 3.8) is 0 Å². The molecule has 0 saturated carbocycles. The van der Waals surface area contributed by atoms with Crippen molar-refractivity contribution in [2.45, 2.75) is 44.2 Å². The average Bonchev–Trinajstić information content (AvgIpc) is 3.39. The maximum absolute atomic E-state index is 13.6. The number of hydrogen-bond acceptors (Lipinski definition) is 3. The topological polar surface area (TPSA) is 38.8 Å². The van der Waals surface area contributed by atoms with Crippen molar-refractivity contribution in [3.8, 4) is 0 Å². The van der Waals surface area contributed by atoms with Gasteiger partial charge in [-0.25, -0.2) is 4.79 Å². The van der Waals surface area contributed by atoms with Crippen LogP contribution in [-0.4, -0.2) is 61.1 Å². The van der Waals surface area contributed by atoms with Crippen LogP contribution >= 0.6 is 0 Å². The van der Waals surface area contributed by atoms with Crippen molar-refractivity contribution in [1.29, 1.82) is 0 Å². The molecule has 4 fully saturated rings. The smallest absolute Gasteiger partial charge is 0.318 e. The number of carbonyl (C=O) groups is 1. The van der Waals surface area contributed by atoms with Gasteiger partial charge in [-0.2, -0.15) is 0 Å². The summed E-state index contributed by atoms with van der Waals surface area (Å²) in [6, 6.07) is 18.0. The fourth-order valence-corrected chi connectivity index (χ4v) is 6.36. The molecule has 7 rings (SSSR count). The Labute approximate surface area is 191 Å². The Morgan fingerprint density at radius 1 is 0.875 bits per heavy atom. The lowest BCUT2D eigenvalue weighted by atomic mass is 9.84. The van der Waals surface area contributed by atoms with E-state index in [0.29, 0.717) is 12.0 Å². The summed E-state index contributed by atoms with van der Waals surface area (Å²) in [7, 11) is 0. The van der Waals surface area contributed by atoms with Gasteiger partial charge in [-0.05, 0) is 79.9 Å². The molecule has 2 atom stereocenters. The molecular weight excluding hydrogens is 396 g/mol. The molecule has 4 saturated heterocycles. The van der Waals surface area contributed by atoms with Crippen LogP contribution in [0.5, 0.6) is 0 Å². The van der Waals surface area contributed by atoms with Gasteiger partial charge in [0.1, 0.15) is 0 Å². The predicted molar refractivity (Wildman–Crippen MR) is 128 cm³/mol. The number of rotatable bonds is 3. The molecule has 5 aliphatic rings. The summed E-state index contributed by atoms with van der Waals surface area (Å²) < 4.78 is 0. The van der Waals surface area contributed by atoms with Gasteiger partial charge in [-0.15, -0.1) is 0 Å². The largest absolute Gasteiger partial charge is 0.372 e. The second kappa shape index (κ2) is 8.43. The lowest BCUT2D eigenvalue weighted by Crippen LogP contribution is -2.59. The first-order valence-corrected chi connectivity index (χ1v) is 12.5. The lowest BCUT2D eigenvalue weighted by Gasteiger charge is -2.46. The maximum Gasteiger partial charge on any atom is 0.318 e. The van der Waals surface area contributed by atoms with Crippen molar-refractivity contribution < 1.29 is 4.79 Å². The Balaban J connectivity index is 1.27. The molecule has 2 aromatic carbocycles. The van der Waals surface area contributed by atoms with Crippen LogP contribution in [0.15, 0.2) is 48.5 Å². The monoisotopic (exact) mass is 430 g/mol. The van der Waals surface area contributed by atoms with E-state index in [-0.39, 0.29) is 12.1 Å². The summed E-state index contributed by atoms with van der Waals surface area (Å²) in [6.45, 7) is 6.47. The van der Waals surface area contributed by atoms with Gasteiger partial charge in [0.2, 0.25) is 0 Å². The molecule has 0 aromatic heterocycles. The van der Waals surface area contributed by atoms with E-state index in [1.165, 1.54) is 61.2 Å². The van der Waals surface area contributed by atoms with Crippen molar-refractivity contribution >= 4 is 11.7 Å². The predicted octanol–water partition coefficient (Wildman–Crippen LogP) is 4.04. The lowest BCUT2D eigenvalue weighted by molar-refractivity contribution is 0.0715. The van der Waals surface area contributed by atoms with Crippen LogP contribution in [0.3, 0.4) is 0 Å². The summed E-state index contributed by atoms with van der Waals surface area (Å²) in [5, 5.41) is 3.44. The van der Waals surface area contributed by atoms with Gasteiger partial charge in [-0.1, -0.05) is 36.4 Å². The van der Waals surface area contributed by atoms with E-state index in [1.807, 2.05) is 0 Å². The van der Waals surface area contributed by atoms with Gasteiger partial charge >= 0.3 is 6.03 Å². The highest BCUT2D eigenvalue weighted by Gasteiger charge is 2.38. The zero-order valence-electron chi connectivity index (χ0n) is 18.9. The molecule has 0 radical (unpaired) electrons. The fourth-order valence-electron chi connectivity index (χ4n) is 6.36. The Morgan fingerprint density at radius 3 is 2.34 bits per heavy atom. The van der Waals surface area contributed by atoms with E-state index < -0.39 is 0 Å². The SMILES string of the molecule is O=C(N[C@@H]1CN2CCC1CC2)N1CCc2ccccc2[C@H]1c1ccc(N2CCCC2)cc1. The summed E-state index contributed by atoms with van der Waals surface area (Å²) in [5.74, 6) is 0.638. The molecule has 0 spiro atoms. The minimum atomic E-state index is -0.0198. The second-order valence-corrected chi connectivity index (χ2v) is 10.0. The third-order valence-corrected chi connectivity index (χ3v) is 8.19. The van der Waals surface area contributed by atoms with Crippen LogP contribution in [0.2, 0.25) is 0 Å². The second-order valence-electron chi connectivity index (χ2n) is 10.0. The summed E-state index contributed by atoms with van der Waals surface area (Å²) in [5.41, 5.74) is 5.16. The molecule has 5 nitrogen and oxygen atoms in total. The van der Waals surface area contributed by atoms with Crippen LogP contribution in [0.1, 0.15) is 48.4 Å². The van der Waals surface area contributed by atoms with E-state index >= 15 is 0 Å². The van der Waals surface area contributed by atoms with Crippen LogP contribution in [0.4, 0.5) is 10.5 Å². The highest BCUT2D eigenvalue weighted by atomic mass is 16.2. The van der Waals surface area contributed by atoms with E-state index in [4.69, 9.17) is 0 Å². The van der Waals surface area contributed by atoms with E-state index in [9.17, 15) is 4.79 Å². The zero-order valence-corrected chi connectivity index (χ0v) is 18.9. The number of benzene rings is 2. The van der Waals surface area contributed by atoms with Gasteiger partial charge < -0.3 is 20.0 Å². The number of anilines is 1. The Kier molecular flexibility index (Phi) is 5.30. The number of nitrogens with one attached hydrogen (secondary N) is 1. The molecule has 2 aromatic rings. The number of nitrogens with zero attached hydrogens (tertiary/aromatic N) is 3. The maximum atomic E-state index is 13.6. The first kappa shape index (κ1) is 20.1. The first-order chi connectivity index (χ1) is 15.8.